The summed E-state index contributed by atoms with van der Waals surface area (Å²) >= 11 is 0. The minimum atomic E-state index is -0.389. The molecule has 0 saturated carbocycles. The Morgan fingerprint density at radius 1 is 1.14 bits per heavy atom. The molecular formula is C24H30N8O3. The van der Waals surface area contributed by atoms with E-state index in [0.29, 0.717) is 42.1 Å². The van der Waals surface area contributed by atoms with Gasteiger partial charge in [-0.05, 0) is 32.3 Å². The Hall–Kier alpha value is -4.12. The van der Waals surface area contributed by atoms with Gasteiger partial charge in [-0.3, -0.25) is 10.1 Å². The maximum atomic E-state index is 11.9. The highest BCUT2D eigenvalue weighted by Gasteiger charge is 2.26. The van der Waals surface area contributed by atoms with Gasteiger partial charge >= 0.3 is 0 Å². The number of aromatic nitrogens is 2. The Balaban J connectivity index is 1.64. The average Bonchev–Trinajstić information content (AvgIpc) is 3.19. The smallest absolute Gasteiger partial charge is 0.294 e. The van der Waals surface area contributed by atoms with Crippen molar-refractivity contribution in [2.75, 3.05) is 75.1 Å². The number of anilines is 6. The molecule has 0 saturated heterocycles. The number of hydrogen-bond acceptors (Lipinski definition) is 10. The first-order valence-corrected chi connectivity index (χ1v) is 11.2. The van der Waals surface area contributed by atoms with Crippen LogP contribution in [0, 0.1) is 10.1 Å². The second kappa shape index (κ2) is 10.0. The summed E-state index contributed by atoms with van der Waals surface area (Å²) in [5, 5.41) is 15.0. The molecule has 11 heteroatoms. The predicted molar refractivity (Wildman–Crippen MR) is 139 cm³/mol. The van der Waals surface area contributed by atoms with Crippen molar-refractivity contribution in [3.8, 4) is 5.75 Å². The van der Waals surface area contributed by atoms with Gasteiger partial charge in [0.15, 0.2) is 0 Å². The Labute approximate surface area is 204 Å². The lowest BCUT2D eigenvalue weighted by atomic mass is 10.2. The monoisotopic (exact) mass is 478 g/mol. The predicted octanol–water partition coefficient (Wildman–Crippen LogP) is 3.68. The van der Waals surface area contributed by atoms with E-state index in [2.05, 4.69) is 31.2 Å². The summed E-state index contributed by atoms with van der Waals surface area (Å²) in [7, 11) is 9.31. The van der Waals surface area contributed by atoms with E-state index in [1.165, 1.54) is 13.2 Å². The highest BCUT2D eigenvalue weighted by Crippen LogP contribution is 2.40. The van der Waals surface area contributed by atoms with Crippen molar-refractivity contribution in [1.82, 2.24) is 14.9 Å². The van der Waals surface area contributed by atoms with Crippen LogP contribution in [0.1, 0.15) is 0 Å². The Morgan fingerprint density at radius 3 is 2.57 bits per heavy atom. The third kappa shape index (κ3) is 5.04. The quantitative estimate of drug-likeness (QED) is 0.362. The molecule has 0 atom stereocenters. The zero-order valence-electron chi connectivity index (χ0n) is 20.6. The fourth-order valence-electron chi connectivity index (χ4n) is 4.00. The van der Waals surface area contributed by atoms with E-state index in [9.17, 15) is 10.1 Å². The summed E-state index contributed by atoms with van der Waals surface area (Å²) in [4.78, 5) is 28.6. The summed E-state index contributed by atoms with van der Waals surface area (Å²) in [5.74, 6) is 1.49. The van der Waals surface area contributed by atoms with Crippen molar-refractivity contribution in [3.05, 3.63) is 58.8 Å². The maximum absolute atomic E-state index is 11.9. The number of nitrogens with one attached hydrogen (secondary N) is 1. The summed E-state index contributed by atoms with van der Waals surface area (Å²) < 4.78 is 5.56. The third-order valence-electron chi connectivity index (χ3n) is 5.89. The number of likely N-dealkylation sites (N-methyl/N-ethyl adjacent to an activating group) is 2. The molecular weight excluding hydrogens is 448 g/mol. The molecule has 1 aliphatic heterocycles. The molecule has 0 unspecified atom stereocenters. The van der Waals surface area contributed by atoms with Crippen molar-refractivity contribution >= 4 is 40.2 Å². The molecule has 0 aliphatic carbocycles. The van der Waals surface area contributed by atoms with Gasteiger partial charge in [-0.15, -0.1) is 0 Å². The topological polar surface area (TPSA) is 103 Å². The van der Waals surface area contributed by atoms with Crippen LogP contribution in [0.2, 0.25) is 0 Å². The molecule has 4 rings (SSSR count). The van der Waals surface area contributed by atoms with Gasteiger partial charge in [-0.1, -0.05) is 12.1 Å². The molecule has 0 bridgehead atoms. The Morgan fingerprint density at radius 2 is 1.89 bits per heavy atom. The normalized spacial score (nSPS) is 12.6. The number of nitro groups is 1. The second-order valence-electron chi connectivity index (χ2n) is 8.64. The molecule has 2 heterocycles. The van der Waals surface area contributed by atoms with E-state index >= 15 is 0 Å². The van der Waals surface area contributed by atoms with E-state index in [1.807, 2.05) is 62.3 Å². The number of hydrogen-bond donors (Lipinski definition) is 1. The van der Waals surface area contributed by atoms with Gasteiger partial charge in [0, 0.05) is 45.5 Å². The minimum Gasteiger partial charge on any atom is -0.494 e. The van der Waals surface area contributed by atoms with Gasteiger partial charge in [-0.2, -0.15) is 4.98 Å². The van der Waals surface area contributed by atoms with Gasteiger partial charge in [-0.25, -0.2) is 4.98 Å². The van der Waals surface area contributed by atoms with Crippen LogP contribution in [0.15, 0.2) is 48.7 Å². The number of para-hydroxylation sites is 2. The van der Waals surface area contributed by atoms with Gasteiger partial charge in [0.05, 0.1) is 35.8 Å². The lowest BCUT2D eigenvalue weighted by Gasteiger charge is -2.23. The second-order valence-corrected chi connectivity index (χ2v) is 8.64. The molecule has 1 aliphatic rings. The maximum Gasteiger partial charge on any atom is 0.294 e. The molecule has 11 nitrogen and oxygen atoms in total. The molecule has 1 aromatic heterocycles. The van der Waals surface area contributed by atoms with Gasteiger partial charge in [0.2, 0.25) is 5.95 Å². The summed E-state index contributed by atoms with van der Waals surface area (Å²) in [6, 6.07) is 13.1. The molecule has 0 spiro atoms. The lowest BCUT2D eigenvalue weighted by Crippen LogP contribution is -2.29. The number of benzene rings is 2. The number of methoxy groups -OCH3 is 1. The highest BCUT2D eigenvalue weighted by molar-refractivity contribution is 5.81. The van der Waals surface area contributed by atoms with E-state index in [4.69, 9.17) is 4.74 Å². The molecule has 0 fully saturated rings. The number of rotatable bonds is 9. The average molecular weight is 479 g/mol. The Kier molecular flexibility index (Phi) is 6.87. The van der Waals surface area contributed by atoms with E-state index in [0.717, 1.165) is 17.9 Å². The number of nitrogens with zero attached hydrogens (tertiary/aromatic N) is 7. The lowest BCUT2D eigenvalue weighted by molar-refractivity contribution is -0.384. The van der Waals surface area contributed by atoms with Crippen molar-refractivity contribution in [2.24, 2.45) is 0 Å². The van der Waals surface area contributed by atoms with Crippen LogP contribution in [0.5, 0.6) is 5.75 Å². The van der Waals surface area contributed by atoms with Crippen molar-refractivity contribution in [2.45, 2.75) is 0 Å². The van der Waals surface area contributed by atoms with Crippen molar-refractivity contribution in [1.29, 1.82) is 0 Å². The molecule has 0 amide bonds. The number of ether oxygens (including phenoxy) is 1. The van der Waals surface area contributed by atoms with Crippen LogP contribution in [-0.4, -0.2) is 74.8 Å². The molecule has 2 aromatic carbocycles. The molecule has 1 N–H and O–H groups in total. The zero-order chi connectivity index (χ0) is 25.1. The van der Waals surface area contributed by atoms with Crippen LogP contribution in [0.4, 0.5) is 40.2 Å². The van der Waals surface area contributed by atoms with Gasteiger partial charge < -0.3 is 29.7 Å². The third-order valence-corrected chi connectivity index (χ3v) is 5.89. The summed E-state index contributed by atoms with van der Waals surface area (Å²) in [5.41, 5.74) is 3.04. The van der Waals surface area contributed by atoms with Crippen molar-refractivity contribution in [3.63, 3.8) is 0 Å². The van der Waals surface area contributed by atoms with Crippen molar-refractivity contribution < 1.29 is 9.66 Å². The van der Waals surface area contributed by atoms with Crippen LogP contribution < -0.4 is 24.8 Å². The number of nitro benzene ring substituents is 1. The SMILES string of the molecule is COc1cc(N(C)CCN(C)C)c([N+](=O)[O-])cc1Nc1nccc(N2CN(C)c3ccccc32)n1. The van der Waals surface area contributed by atoms with Crippen LogP contribution in [0.3, 0.4) is 0 Å². The first-order chi connectivity index (χ1) is 16.8. The van der Waals surface area contributed by atoms with E-state index in [1.54, 1.807) is 12.3 Å². The first kappa shape index (κ1) is 24.0. The van der Waals surface area contributed by atoms with Crippen LogP contribution in [-0.2, 0) is 0 Å². The molecule has 3 aromatic rings. The minimum absolute atomic E-state index is 0.0270. The largest absolute Gasteiger partial charge is 0.494 e. The van der Waals surface area contributed by atoms with Gasteiger partial charge in [0.25, 0.3) is 5.69 Å². The summed E-state index contributed by atoms with van der Waals surface area (Å²) in [6.45, 7) is 2.03. The molecule has 184 valence electrons. The van der Waals surface area contributed by atoms with Crippen LogP contribution in [0.25, 0.3) is 0 Å². The van der Waals surface area contributed by atoms with Crippen LogP contribution >= 0.6 is 0 Å². The van der Waals surface area contributed by atoms with E-state index < -0.39 is 0 Å². The van der Waals surface area contributed by atoms with Gasteiger partial charge in [0.1, 0.15) is 17.3 Å². The van der Waals surface area contributed by atoms with E-state index in [-0.39, 0.29) is 10.6 Å². The number of fused-ring (bicyclic) bond motifs is 1. The zero-order valence-corrected chi connectivity index (χ0v) is 20.6. The molecule has 35 heavy (non-hydrogen) atoms. The highest BCUT2D eigenvalue weighted by atomic mass is 16.6. The molecule has 0 radical (unpaired) electrons. The Bertz CT molecular complexity index is 1220. The fraction of sp³-hybridized carbons (Fsp3) is 0.333. The summed E-state index contributed by atoms with van der Waals surface area (Å²) in [6.07, 6.45) is 1.66. The fourth-order valence-corrected chi connectivity index (χ4v) is 4.00. The standard InChI is InChI=1S/C24H30N8O3/c1-28(2)12-13-29(3)20-15-22(35-5)17(14-21(20)32(33)34)26-24-25-11-10-23(27-24)31-16-30(4)18-8-6-7-9-19(18)31/h6-11,14-15H,12-13,16H2,1-5H3,(H,25,26,27). The first-order valence-electron chi connectivity index (χ1n) is 11.2.